The molecule has 0 radical (unpaired) electrons. The lowest BCUT2D eigenvalue weighted by atomic mass is 10.1. The molecule has 2 aromatic carbocycles. The van der Waals surface area contributed by atoms with Crippen molar-refractivity contribution in [2.24, 2.45) is 5.84 Å². The number of rotatable bonds is 6. The highest BCUT2D eigenvalue weighted by Crippen LogP contribution is 2.23. The second-order valence-corrected chi connectivity index (χ2v) is 4.81. The number of nitrogens with two attached hydrogens (primary N) is 1. The average Bonchev–Trinajstić information content (AvgIpc) is 2.49. The molecule has 0 aliphatic carbocycles. The molecule has 0 aliphatic rings. The van der Waals surface area contributed by atoms with Gasteiger partial charge < -0.3 is 9.47 Å². The lowest BCUT2D eigenvalue weighted by Gasteiger charge is -2.18. The fourth-order valence-corrected chi connectivity index (χ4v) is 2.06. The van der Waals surface area contributed by atoms with Crippen LogP contribution in [-0.2, 0) is 0 Å². The quantitative estimate of drug-likeness (QED) is 0.636. The van der Waals surface area contributed by atoms with E-state index in [1.54, 1.807) is 36.4 Å². The van der Waals surface area contributed by atoms with Crippen LogP contribution >= 0.6 is 11.6 Å². The first-order valence-corrected chi connectivity index (χ1v) is 6.69. The van der Waals surface area contributed by atoms with Gasteiger partial charge in [0.1, 0.15) is 23.9 Å². The monoisotopic (exact) mass is 310 g/mol. The molecule has 6 heteroatoms. The number of hydrogen-bond acceptors (Lipinski definition) is 4. The van der Waals surface area contributed by atoms with Crippen LogP contribution in [0.25, 0.3) is 0 Å². The van der Waals surface area contributed by atoms with Gasteiger partial charge in [-0.3, -0.25) is 5.84 Å². The Labute approximate surface area is 127 Å². The highest BCUT2D eigenvalue weighted by molar-refractivity contribution is 6.30. The summed E-state index contributed by atoms with van der Waals surface area (Å²) in [6.45, 7) is 0.167. The van der Waals surface area contributed by atoms with Crippen LogP contribution in [0.4, 0.5) is 4.39 Å². The standard InChI is InChI=1S/C15H16ClFN2O2/c1-20-11-5-6-13(14(17)8-11)15(19-18)9-21-12-4-2-3-10(16)7-12/h2-8,15,19H,9,18H2,1H3. The molecular formula is C15H16ClFN2O2. The van der Waals surface area contributed by atoms with E-state index in [1.165, 1.54) is 13.2 Å². The maximum absolute atomic E-state index is 14.0. The van der Waals surface area contributed by atoms with Gasteiger partial charge in [0, 0.05) is 16.7 Å². The minimum Gasteiger partial charge on any atom is -0.497 e. The number of benzene rings is 2. The Kier molecular flexibility index (Phi) is 5.38. The lowest BCUT2D eigenvalue weighted by molar-refractivity contribution is 0.264. The minimum absolute atomic E-state index is 0.167. The second-order valence-electron chi connectivity index (χ2n) is 4.38. The topological polar surface area (TPSA) is 56.5 Å². The Hall–Kier alpha value is -1.82. The number of nitrogens with one attached hydrogen (secondary N) is 1. The molecule has 0 heterocycles. The minimum atomic E-state index is -0.491. The zero-order valence-corrected chi connectivity index (χ0v) is 12.2. The largest absolute Gasteiger partial charge is 0.497 e. The van der Waals surface area contributed by atoms with Crippen molar-refractivity contribution < 1.29 is 13.9 Å². The van der Waals surface area contributed by atoms with E-state index in [0.29, 0.717) is 22.1 Å². The zero-order chi connectivity index (χ0) is 15.2. The van der Waals surface area contributed by atoms with E-state index in [0.717, 1.165) is 0 Å². The van der Waals surface area contributed by atoms with E-state index in [1.807, 2.05) is 0 Å². The van der Waals surface area contributed by atoms with Crippen molar-refractivity contribution in [2.45, 2.75) is 6.04 Å². The van der Waals surface area contributed by atoms with Gasteiger partial charge in [-0.05, 0) is 24.3 Å². The molecule has 0 aromatic heterocycles. The third kappa shape index (κ3) is 4.07. The molecule has 0 saturated carbocycles. The van der Waals surface area contributed by atoms with Gasteiger partial charge in [0.2, 0.25) is 0 Å². The number of ether oxygens (including phenoxy) is 2. The summed E-state index contributed by atoms with van der Waals surface area (Å²) in [7, 11) is 1.48. The van der Waals surface area contributed by atoms with Gasteiger partial charge >= 0.3 is 0 Å². The molecule has 0 amide bonds. The van der Waals surface area contributed by atoms with E-state index >= 15 is 0 Å². The Balaban J connectivity index is 2.09. The van der Waals surface area contributed by atoms with Crippen LogP contribution in [0.3, 0.4) is 0 Å². The van der Waals surface area contributed by atoms with Crippen LogP contribution in [0.1, 0.15) is 11.6 Å². The second kappa shape index (κ2) is 7.26. The Morgan fingerprint density at radius 3 is 2.67 bits per heavy atom. The third-order valence-electron chi connectivity index (χ3n) is 3.00. The number of hydrogen-bond donors (Lipinski definition) is 2. The molecule has 21 heavy (non-hydrogen) atoms. The summed E-state index contributed by atoms with van der Waals surface area (Å²) in [5.41, 5.74) is 2.95. The molecule has 3 N–H and O–H groups in total. The van der Waals surface area contributed by atoms with E-state index in [-0.39, 0.29) is 6.61 Å². The van der Waals surface area contributed by atoms with Gasteiger partial charge in [0.05, 0.1) is 13.2 Å². The predicted molar refractivity (Wildman–Crippen MR) is 80.0 cm³/mol. The van der Waals surface area contributed by atoms with Gasteiger partial charge in [0.25, 0.3) is 0 Å². The summed E-state index contributed by atoms with van der Waals surface area (Å²) < 4.78 is 24.6. The van der Waals surface area contributed by atoms with Gasteiger partial charge in [-0.1, -0.05) is 23.7 Å². The maximum Gasteiger partial charge on any atom is 0.131 e. The molecule has 0 aliphatic heterocycles. The van der Waals surface area contributed by atoms with Crippen molar-refractivity contribution in [1.29, 1.82) is 0 Å². The molecule has 1 atom stereocenters. The normalized spacial score (nSPS) is 12.0. The predicted octanol–water partition coefficient (Wildman–Crippen LogP) is 3.07. The van der Waals surface area contributed by atoms with Crippen molar-refractivity contribution in [2.75, 3.05) is 13.7 Å². The highest BCUT2D eigenvalue weighted by atomic mass is 35.5. The van der Waals surface area contributed by atoms with Crippen LogP contribution in [0.15, 0.2) is 42.5 Å². The molecule has 112 valence electrons. The fraction of sp³-hybridized carbons (Fsp3) is 0.200. The van der Waals surface area contributed by atoms with Crippen LogP contribution in [0, 0.1) is 5.82 Å². The van der Waals surface area contributed by atoms with Gasteiger partial charge in [-0.25, -0.2) is 9.82 Å². The third-order valence-corrected chi connectivity index (χ3v) is 3.23. The molecule has 0 saturated heterocycles. The first-order chi connectivity index (χ1) is 10.1. The summed E-state index contributed by atoms with van der Waals surface area (Å²) in [4.78, 5) is 0. The van der Waals surface area contributed by atoms with Crippen LogP contribution in [-0.4, -0.2) is 13.7 Å². The maximum atomic E-state index is 14.0. The summed E-state index contributed by atoms with van der Waals surface area (Å²) in [5.74, 6) is 6.12. The zero-order valence-electron chi connectivity index (χ0n) is 11.5. The number of halogens is 2. The van der Waals surface area contributed by atoms with Gasteiger partial charge in [-0.15, -0.1) is 0 Å². The van der Waals surface area contributed by atoms with Crippen LogP contribution in [0.5, 0.6) is 11.5 Å². The summed E-state index contributed by atoms with van der Waals surface area (Å²) in [6.07, 6.45) is 0. The van der Waals surface area contributed by atoms with E-state index in [2.05, 4.69) is 5.43 Å². The SMILES string of the molecule is COc1ccc(C(COc2cccc(Cl)c2)NN)c(F)c1. The molecule has 0 bridgehead atoms. The molecule has 1 unspecified atom stereocenters. The van der Waals surface area contributed by atoms with Gasteiger partial charge in [-0.2, -0.15) is 0 Å². The van der Waals surface area contributed by atoms with E-state index < -0.39 is 11.9 Å². The molecule has 2 rings (SSSR count). The van der Waals surface area contributed by atoms with Crippen molar-refractivity contribution >= 4 is 11.6 Å². The molecule has 0 fully saturated rings. The Morgan fingerprint density at radius 2 is 2.05 bits per heavy atom. The van der Waals surface area contributed by atoms with Crippen molar-refractivity contribution in [1.82, 2.24) is 5.43 Å². The van der Waals surface area contributed by atoms with E-state index in [4.69, 9.17) is 26.9 Å². The van der Waals surface area contributed by atoms with Crippen molar-refractivity contribution in [3.05, 3.63) is 58.9 Å². The lowest BCUT2D eigenvalue weighted by Crippen LogP contribution is -2.33. The first kappa shape index (κ1) is 15.6. The molecular weight excluding hydrogens is 295 g/mol. The summed E-state index contributed by atoms with van der Waals surface area (Å²) in [6, 6.07) is 11.1. The number of methoxy groups -OCH3 is 1. The Bertz CT molecular complexity index is 610. The summed E-state index contributed by atoms with van der Waals surface area (Å²) >= 11 is 5.88. The Morgan fingerprint density at radius 1 is 1.24 bits per heavy atom. The summed E-state index contributed by atoms with van der Waals surface area (Å²) in [5, 5.41) is 0.570. The van der Waals surface area contributed by atoms with Crippen LogP contribution < -0.4 is 20.7 Å². The highest BCUT2D eigenvalue weighted by Gasteiger charge is 2.16. The smallest absolute Gasteiger partial charge is 0.131 e. The van der Waals surface area contributed by atoms with Crippen LogP contribution in [0.2, 0.25) is 5.02 Å². The molecule has 2 aromatic rings. The average molecular weight is 311 g/mol. The number of hydrazine groups is 1. The fourth-order valence-electron chi connectivity index (χ4n) is 1.88. The van der Waals surface area contributed by atoms with Crippen molar-refractivity contribution in [3.63, 3.8) is 0 Å². The van der Waals surface area contributed by atoms with Crippen molar-refractivity contribution in [3.8, 4) is 11.5 Å². The van der Waals surface area contributed by atoms with E-state index in [9.17, 15) is 4.39 Å². The molecule has 4 nitrogen and oxygen atoms in total. The van der Waals surface area contributed by atoms with Gasteiger partial charge in [0.15, 0.2) is 0 Å². The molecule has 0 spiro atoms. The first-order valence-electron chi connectivity index (χ1n) is 6.32.